The van der Waals surface area contributed by atoms with Gasteiger partial charge < -0.3 is 16.6 Å². The van der Waals surface area contributed by atoms with E-state index < -0.39 is 6.03 Å². The lowest BCUT2D eigenvalue weighted by Gasteiger charge is -1.82. The Bertz CT molecular complexity index is 207. The Kier molecular flexibility index (Phi) is 4.31. The number of rotatable bonds is 0. The van der Waals surface area contributed by atoms with E-state index in [1.54, 1.807) is 24.3 Å². The summed E-state index contributed by atoms with van der Waals surface area (Å²) in [6.45, 7) is 0. The zero-order valence-corrected chi connectivity index (χ0v) is 5.90. The van der Waals surface area contributed by atoms with E-state index in [0.29, 0.717) is 5.75 Å². The van der Waals surface area contributed by atoms with Gasteiger partial charge in [0.25, 0.3) is 0 Å². The molecule has 0 radical (unpaired) electrons. The van der Waals surface area contributed by atoms with E-state index in [-0.39, 0.29) is 0 Å². The zero-order chi connectivity index (χ0) is 8.69. The molecule has 0 heterocycles. The van der Waals surface area contributed by atoms with Gasteiger partial charge in [-0.25, -0.2) is 4.79 Å². The summed E-state index contributed by atoms with van der Waals surface area (Å²) >= 11 is 0. The van der Waals surface area contributed by atoms with Gasteiger partial charge in [-0.3, -0.25) is 0 Å². The van der Waals surface area contributed by atoms with Crippen LogP contribution in [0.5, 0.6) is 5.75 Å². The fourth-order valence-electron chi connectivity index (χ4n) is 0.428. The van der Waals surface area contributed by atoms with Crippen molar-refractivity contribution >= 4 is 6.03 Å². The third kappa shape index (κ3) is 8.29. The van der Waals surface area contributed by atoms with Crippen LogP contribution in [0, 0.1) is 0 Å². The van der Waals surface area contributed by atoms with Crippen molar-refractivity contribution in [2.24, 2.45) is 11.5 Å². The second-order valence-corrected chi connectivity index (χ2v) is 1.74. The minimum Gasteiger partial charge on any atom is -0.508 e. The first-order valence-corrected chi connectivity index (χ1v) is 2.92. The minimum absolute atomic E-state index is 0.322. The summed E-state index contributed by atoms with van der Waals surface area (Å²) in [4.78, 5) is 9.00. The monoisotopic (exact) mass is 154 g/mol. The molecule has 4 nitrogen and oxygen atoms in total. The van der Waals surface area contributed by atoms with Gasteiger partial charge in [-0.2, -0.15) is 0 Å². The molecule has 1 aromatic rings. The highest BCUT2D eigenvalue weighted by molar-refractivity contribution is 5.69. The number of phenolic OH excluding ortho intramolecular Hbond substituents is 1. The van der Waals surface area contributed by atoms with E-state index in [1.165, 1.54) is 0 Å². The Balaban J connectivity index is 0.000000218. The number of primary amides is 2. The number of hydrogen-bond acceptors (Lipinski definition) is 2. The molecule has 1 aromatic carbocycles. The van der Waals surface area contributed by atoms with Crippen molar-refractivity contribution in [1.29, 1.82) is 0 Å². The summed E-state index contributed by atoms with van der Waals surface area (Å²) in [5.41, 5.74) is 8.50. The number of aromatic hydroxyl groups is 1. The maximum Gasteiger partial charge on any atom is 0.309 e. The highest BCUT2D eigenvalue weighted by Crippen LogP contribution is 2.02. The summed E-state index contributed by atoms with van der Waals surface area (Å²) in [6.07, 6.45) is 0. The van der Waals surface area contributed by atoms with E-state index in [4.69, 9.17) is 9.90 Å². The van der Waals surface area contributed by atoms with Crippen LogP contribution in [0.1, 0.15) is 0 Å². The van der Waals surface area contributed by atoms with Gasteiger partial charge >= 0.3 is 6.03 Å². The zero-order valence-electron chi connectivity index (χ0n) is 5.90. The Morgan fingerprint density at radius 3 is 1.73 bits per heavy atom. The number of para-hydroxylation sites is 1. The molecule has 0 unspecified atom stereocenters. The van der Waals surface area contributed by atoms with Gasteiger partial charge in [0.15, 0.2) is 0 Å². The third-order valence-corrected chi connectivity index (χ3v) is 0.756. The molecular weight excluding hydrogens is 144 g/mol. The van der Waals surface area contributed by atoms with Crippen LogP contribution >= 0.6 is 0 Å². The quantitative estimate of drug-likeness (QED) is 0.505. The number of phenols is 1. The predicted molar refractivity (Wildman–Crippen MR) is 41.9 cm³/mol. The molecule has 11 heavy (non-hydrogen) atoms. The van der Waals surface area contributed by atoms with Gasteiger partial charge in [0.1, 0.15) is 5.75 Å². The minimum atomic E-state index is -0.833. The van der Waals surface area contributed by atoms with E-state index in [0.717, 1.165) is 0 Å². The Morgan fingerprint density at radius 1 is 1.18 bits per heavy atom. The van der Waals surface area contributed by atoms with Gasteiger partial charge in [0.05, 0.1) is 0 Å². The first-order chi connectivity index (χ1) is 5.13. The Hall–Kier alpha value is -1.71. The fourth-order valence-corrected chi connectivity index (χ4v) is 0.428. The molecule has 0 aliphatic rings. The van der Waals surface area contributed by atoms with E-state index in [1.807, 2.05) is 6.07 Å². The fraction of sp³-hybridized carbons (Fsp3) is 0. The molecule has 1 rings (SSSR count). The maximum atomic E-state index is 9.00. The second kappa shape index (κ2) is 5.10. The van der Waals surface area contributed by atoms with Gasteiger partial charge in [0, 0.05) is 0 Å². The first kappa shape index (κ1) is 9.29. The van der Waals surface area contributed by atoms with Gasteiger partial charge in [-0.15, -0.1) is 0 Å². The lowest BCUT2D eigenvalue weighted by Crippen LogP contribution is -2.18. The predicted octanol–water partition coefficient (Wildman–Crippen LogP) is 0.416. The largest absolute Gasteiger partial charge is 0.508 e. The van der Waals surface area contributed by atoms with Gasteiger partial charge in [0.2, 0.25) is 0 Å². The number of nitrogens with two attached hydrogens (primary N) is 2. The SMILES string of the molecule is NC(N)=O.Oc1ccccc1. The van der Waals surface area contributed by atoms with Crippen molar-refractivity contribution in [2.75, 3.05) is 0 Å². The van der Waals surface area contributed by atoms with Crippen molar-refractivity contribution in [3.05, 3.63) is 30.3 Å². The van der Waals surface area contributed by atoms with Crippen molar-refractivity contribution in [2.45, 2.75) is 0 Å². The summed E-state index contributed by atoms with van der Waals surface area (Å²) in [7, 11) is 0. The van der Waals surface area contributed by atoms with Crippen molar-refractivity contribution in [3.8, 4) is 5.75 Å². The molecular formula is C7H10N2O2. The lowest BCUT2D eigenvalue weighted by atomic mass is 10.3. The molecule has 60 valence electrons. The van der Waals surface area contributed by atoms with Crippen LogP contribution in [0.15, 0.2) is 30.3 Å². The number of benzene rings is 1. The number of amides is 2. The van der Waals surface area contributed by atoms with Crippen LogP contribution in [-0.2, 0) is 0 Å². The average Bonchev–Trinajstić information content (AvgIpc) is 1.87. The highest BCUT2D eigenvalue weighted by atomic mass is 16.3. The normalized spacial score (nSPS) is 7.64. The standard InChI is InChI=1S/C6H6O.CH4N2O/c7-6-4-2-1-3-5-6;2-1(3)4/h1-5,7H;(H4,2,3,4). The van der Waals surface area contributed by atoms with E-state index >= 15 is 0 Å². The van der Waals surface area contributed by atoms with Crippen LogP contribution < -0.4 is 11.5 Å². The highest BCUT2D eigenvalue weighted by Gasteiger charge is 1.74. The topological polar surface area (TPSA) is 89.3 Å². The lowest BCUT2D eigenvalue weighted by molar-refractivity contribution is 0.256. The number of hydrogen-bond donors (Lipinski definition) is 3. The summed E-state index contributed by atoms with van der Waals surface area (Å²) < 4.78 is 0. The first-order valence-electron chi connectivity index (χ1n) is 2.92. The molecule has 0 atom stereocenters. The molecule has 0 aliphatic carbocycles. The maximum absolute atomic E-state index is 9.00. The molecule has 2 amide bonds. The van der Waals surface area contributed by atoms with Crippen LogP contribution in [0.2, 0.25) is 0 Å². The molecule has 0 bridgehead atoms. The molecule has 0 aliphatic heterocycles. The average molecular weight is 154 g/mol. The number of carbonyl (C=O) groups is 1. The molecule has 0 saturated heterocycles. The van der Waals surface area contributed by atoms with Crippen molar-refractivity contribution in [3.63, 3.8) is 0 Å². The summed E-state index contributed by atoms with van der Waals surface area (Å²) in [5, 5.41) is 8.63. The smallest absolute Gasteiger partial charge is 0.309 e. The molecule has 0 fully saturated rings. The van der Waals surface area contributed by atoms with Crippen LogP contribution in [0.25, 0.3) is 0 Å². The van der Waals surface area contributed by atoms with Gasteiger partial charge in [-0.05, 0) is 12.1 Å². The summed E-state index contributed by atoms with van der Waals surface area (Å²) in [5.74, 6) is 0.322. The Morgan fingerprint density at radius 2 is 1.55 bits per heavy atom. The van der Waals surface area contributed by atoms with Gasteiger partial charge in [-0.1, -0.05) is 18.2 Å². The van der Waals surface area contributed by atoms with E-state index in [9.17, 15) is 0 Å². The second-order valence-electron chi connectivity index (χ2n) is 1.74. The molecule has 0 aromatic heterocycles. The summed E-state index contributed by atoms with van der Waals surface area (Å²) in [6, 6.07) is 7.88. The van der Waals surface area contributed by atoms with Crippen molar-refractivity contribution < 1.29 is 9.90 Å². The Labute approximate surface area is 64.4 Å². The van der Waals surface area contributed by atoms with E-state index in [2.05, 4.69) is 11.5 Å². The molecule has 0 saturated carbocycles. The number of urea groups is 1. The third-order valence-electron chi connectivity index (χ3n) is 0.756. The molecule has 5 N–H and O–H groups in total. The van der Waals surface area contributed by atoms with Crippen LogP contribution in [0.3, 0.4) is 0 Å². The number of carbonyl (C=O) groups excluding carboxylic acids is 1. The molecule has 4 heteroatoms. The van der Waals surface area contributed by atoms with Crippen molar-refractivity contribution in [1.82, 2.24) is 0 Å². The van der Waals surface area contributed by atoms with Crippen LogP contribution in [-0.4, -0.2) is 11.1 Å². The molecule has 0 spiro atoms. The van der Waals surface area contributed by atoms with Crippen LogP contribution in [0.4, 0.5) is 4.79 Å².